The van der Waals surface area contributed by atoms with Gasteiger partial charge in [-0.25, -0.2) is 0 Å². The van der Waals surface area contributed by atoms with Crippen molar-refractivity contribution in [1.29, 1.82) is 0 Å². The van der Waals surface area contributed by atoms with E-state index in [1.54, 1.807) is 0 Å². The molecule has 0 spiro atoms. The number of aryl methyl sites for hydroxylation is 1. The fraction of sp³-hybridized carbons (Fsp3) is 0.588. The molecule has 1 aromatic rings. The van der Waals surface area contributed by atoms with E-state index in [0.717, 1.165) is 26.1 Å². The molecule has 1 aliphatic rings. The predicted octanol–water partition coefficient (Wildman–Crippen LogP) is 2.05. The van der Waals surface area contributed by atoms with Crippen molar-refractivity contribution >= 4 is 5.96 Å². The average Bonchev–Trinajstić information content (AvgIpc) is 2.74. The number of nitrogens with two attached hydrogens (primary N) is 1. The minimum atomic E-state index is -0.120. The summed E-state index contributed by atoms with van der Waals surface area (Å²) in [5.41, 5.74) is 8.69. The Bertz CT molecular complexity index is 492. The molecule has 116 valence electrons. The number of guanidine groups is 1. The highest BCUT2D eigenvalue weighted by Crippen LogP contribution is 2.32. The third-order valence-electron chi connectivity index (χ3n) is 4.31. The first-order valence-electron chi connectivity index (χ1n) is 7.79. The second kappa shape index (κ2) is 6.48. The molecule has 0 saturated carbocycles. The van der Waals surface area contributed by atoms with Crippen molar-refractivity contribution in [3.8, 4) is 0 Å². The smallest absolute Gasteiger partial charge is 0.192 e. The molecule has 2 rings (SSSR count). The van der Waals surface area contributed by atoms with Crippen molar-refractivity contribution < 1.29 is 0 Å². The van der Waals surface area contributed by atoms with E-state index >= 15 is 0 Å². The van der Waals surface area contributed by atoms with Crippen LogP contribution in [0.4, 0.5) is 0 Å². The number of benzene rings is 1. The molecule has 0 saturated heterocycles. The van der Waals surface area contributed by atoms with E-state index in [0.29, 0.717) is 5.96 Å². The van der Waals surface area contributed by atoms with Crippen LogP contribution in [0, 0.1) is 0 Å². The van der Waals surface area contributed by atoms with E-state index in [9.17, 15) is 0 Å². The van der Waals surface area contributed by atoms with Crippen LogP contribution in [-0.2, 0) is 12.0 Å². The van der Waals surface area contributed by atoms with Gasteiger partial charge >= 0.3 is 0 Å². The quantitative estimate of drug-likeness (QED) is 0.871. The van der Waals surface area contributed by atoms with Crippen LogP contribution in [0.25, 0.3) is 0 Å². The van der Waals surface area contributed by atoms with Crippen LogP contribution < -0.4 is 5.73 Å². The lowest BCUT2D eigenvalue weighted by Gasteiger charge is -2.37. The maximum absolute atomic E-state index is 6.11. The highest BCUT2D eigenvalue weighted by molar-refractivity contribution is 5.81. The van der Waals surface area contributed by atoms with E-state index in [2.05, 4.69) is 67.0 Å². The van der Waals surface area contributed by atoms with Gasteiger partial charge in [0.25, 0.3) is 0 Å². The fourth-order valence-electron chi connectivity index (χ4n) is 2.89. The van der Waals surface area contributed by atoms with Crippen molar-refractivity contribution in [2.45, 2.75) is 32.2 Å². The first-order chi connectivity index (χ1) is 9.97. The van der Waals surface area contributed by atoms with Crippen LogP contribution in [-0.4, -0.2) is 49.5 Å². The summed E-state index contributed by atoms with van der Waals surface area (Å²) >= 11 is 0. The van der Waals surface area contributed by atoms with Crippen molar-refractivity contribution in [2.75, 3.05) is 33.7 Å². The van der Waals surface area contributed by atoms with Crippen LogP contribution in [0.3, 0.4) is 0 Å². The van der Waals surface area contributed by atoms with Gasteiger partial charge in [0.05, 0.1) is 12.1 Å². The molecule has 1 atom stereocenters. The van der Waals surface area contributed by atoms with Crippen molar-refractivity contribution in [3.05, 3.63) is 35.4 Å². The number of nitrogens with zero attached hydrogens (tertiary/aromatic N) is 3. The second-order valence-corrected chi connectivity index (χ2v) is 6.35. The summed E-state index contributed by atoms with van der Waals surface area (Å²) in [6, 6.07) is 8.95. The molecular weight excluding hydrogens is 260 g/mol. The van der Waals surface area contributed by atoms with Gasteiger partial charge in [0.1, 0.15) is 0 Å². The zero-order valence-corrected chi connectivity index (χ0v) is 13.8. The molecule has 1 aromatic carbocycles. The molecule has 0 radical (unpaired) electrons. The largest absolute Gasteiger partial charge is 0.370 e. The lowest BCUT2D eigenvalue weighted by molar-refractivity contribution is 0.205. The predicted molar refractivity (Wildman–Crippen MR) is 89.5 cm³/mol. The molecule has 0 bridgehead atoms. The van der Waals surface area contributed by atoms with E-state index < -0.39 is 0 Å². The summed E-state index contributed by atoms with van der Waals surface area (Å²) in [5.74, 6) is 0.664. The van der Waals surface area contributed by atoms with Crippen LogP contribution in [0.2, 0.25) is 0 Å². The fourth-order valence-corrected chi connectivity index (χ4v) is 2.89. The molecule has 1 unspecified atom stereocenters. The number of aliphatic imine (C=N–C) groups is 1. The summed E-state index contributed by atoms with van der Waals surface area (Å²) in [6.07, 6.45) is 2.32. The molecule has 0 aromatic heterocycles. The van der Waals surface area contributed by atoms with Gasteiger partial charge in [-0.3, -0.25) is 4.99 Å². The second-order valence-electron chi connectivity index (χ2n) is 6.35. The van der Waals surface area contributed by atoms with Crippen LogP contribution in [0.1, 0.15) is 31.4 Å². The Morgan fingerprint density at radius 1 is 1.29 bits per heavy atom. The third kappa shape index (κ3) is 3.38. The Balaban J connectivity index is 2.18. The molecule has 4 heteroatoms. The SMILES string of the molecule is CCCc1ccc(C2(C)CN=C(N)N2CCN(C)C)cc1. The van der Waals surface area contributed by atoms with E-state index in [1.165, 1.54) is 17.5 Å². The third-order valence-corrected chi connectivity index (χ3v) is 4.31. The van der Waals surface area contributed by atoms with Crippen LogP contribution in [0.5, 0.6) is 0 Å². The van der Waals surface area contributed by atoms with Crippen molar-refractivity contribution in [2.24, 2.45) is 10.7 Å². The molecule has 1 aliphatic heterocycles. The van der Waals surface area contributed by atoms with Crippen molar-refractivity contribution in [3.63, 3.8) is 0 Å². The first kappa shape index (κ1) is 15.8. The highest BCUT2D eigenvalue weighted by atomic mass is 15.4. The van der Waals surface area contributed by atoms with Gasteiger partial charge in [0.15, 0.2) is 5.96 Å². The molecule has 0 aliphatic carbocycles. The molecule has 0 amide bonds. The van der Waals surface area contributed by atoms with E-state index in [4.69, 9.17) is 5.73 Å². The van der Waals surface area contributed by atoms with Gasteiger partial charge in [0, 0.05) is 13.1 Å². The topological polar surface area (TPSA) is 44.9 Å². The van der Waals surface area contributed by atoms with Crippen LogP contribution >= 0.6 is 0 Å². The van der Waals surface area contributed by atoms with E-state index in [1.807, 2.05) is 0 Å². The zero-order valence-electron chi connectivity index (χ0n) is 13.8. The maximum Gasteiger partial charge on any atom is 0.192 e. The Morgan fingerprint density at radius 3 is 2.52 bits per heavy atom. The first-order valence-corrected chi connectivity index (χ1v) is 7.79. The summed E-state index contributed by atoms with van der Waals surface area (Å²) in [4.78, 5) is 8.90. The molecule has 0 fully saturated rings. The molecule has 2 N–H and O–H groups in total. The molecule has 1 heterocycles. The number of hydrogen-bond acceptors (Lipinski definition) is 4. The minimum Gasteiger partial charge on any atom is -0.370 e. The summed E-state index contributed by atoms with van der Waals surface area (Å²) < 4.78 is 0. The number of rotatable bonds is 6. The molecular formula is C17H28N4. The van der Waals surface area contributed by atoms with Gasteiger partial charge in [0.2, 0.25) is 0 Å². The highest BCUT2D eigenvalue weighted by Gasteiger charge is 2.39. The Hall–Kier alpha value is -1.55. The van der Waals surface area contributed by atoms with Gasteiger partial charge < -0.3 is 15.5 Å². The van der Waals surface area contributed by atoms with Gasteiger partial charge in [-0.15, -0.1) is 0 Å². The Labute approximate surface area is 128 Å². The average molecular weight is 288 g/mol. The monoisotopic (exact) mass is 288 g/mol. The van der Waals surface area contributed by atoms with Crippen LogP contribution in [0.15, 0.2) is 29.3 Å². The summed E-state index contributed by atoms with van der Waals surface area (Å²) in [6.45, 7) is 7.05. The zero-order chi connectivity index (χ0) is 15.5. The van der Waals surface area contributed by atoms with Gasteiger partial charge in [-0.05, 0) is 38.6 Å². The van der Waals surface area contributed by atoms with E-state index in [-0.39, 0.29) is 5.54 Å². The molecule has 4 nitrogen and oxygen atoms in total. The number of likely N-dealkylation sites (N-methyl/N-ethyl adjacent to an activating group) is 1. The lowest BCUT2D eigenvalue weighted by atomic mass is 9.90. The standard InChI is InChI=1S/C17H28N4/c1-5-6-14-7-9-15(10-8-14)17(2)13-19-16(18)21(17)12-11-20(3)4/h7-10H,5-6,11-13H2,1-4H3,(H2,18,19). The summed E-state index contributed by atoms with van der Waals surface area (Å²) in [5, 5.41) is 0. The van der Waals surface area contributed by atoms with Crippen molar-refractivity contribution in [1.82, 2.24) is 9.80 Å². The maximum atomic E-state index is 6.11. The number of hydrogen-bond donors (Lipinski definition) is 1. The lowest BCUT2D eigenvalue weighted by Crippen LogP contribution is -2.49. The van der Waals surface area contributed by atoms with Gasteiger partial charge in [-0.2, -0.15) is 0 Å². The Morgan fingerprint density at radius 2 is 1.95 bits per heavy atom. The normalized spacial score (nSPS) is 22.0. The minimum absolute atomic E-state index is 0.120. The summed E-state index contributed by atoms with van der Waals surface area (Å²) in [7, 11) is 4.17. The molecule has 21 heavy (non-hydrogen) atoms. The Kier molecular flexibility index (Phi) is 4.88. The van der Waals surface area contributed by atoms with Gasteiger partial charge in [-0.1, -0.05) is 37.6 Å².